The molecule has 2 aliphatic heterocycles. The SMILES string of the molecule is CC(C)(C)c1ccc(-c2cc(C(C)(C)C)ccc2N2c3cc4c(cc3C3Bc5c(cc(C(C)(C)C)cc52)N(c2ccc(C(C)(C)c5ccccc5)cc2)c2ccc(C(C)(C)c5ccccc5)cc23)C(C)(C)CCC4(C)C)cc1. The van der Waals surface area contributed by atoms with Gasteiger partial charge < -0.3 is 9.80 Å². The Kier molecular flexibility index (Phi) is 12.7. The van der Waals surface area contributed by atoms with Crippen molar-refractivity contribution in [1.29, 1.82) is 0 Å². The Balaban J connectivity index is 1.28. The van der Waals surface area contributed by atoms with Crippen molar-refractivity contribution >= 4 is 46.9 Å². The molecule has 78 heavy (non-hydrogen) atoms. The van der Waals surface area contributed by atoms with E-state index in [1.807, 2.05) is 0 Å². The number of rotatable bonds is 7. The van der Waals surface area contributed by atoms with Crippen molar-refractivity contribution in [2.45, 2.75) is 174 Å². The Morgan fingerprint density at radius 3 is 1.37 bits per heavy atom. The minimum Gasteiger partial charge on any atom is -0.311 e. The fourth-order valence-electron chi connectivity index (χ4n) is 13.2. The Hall–Kier alpha value is -6.58. The fraction of sp³-hybridized carbons (Fsp3) is 0.360. The summed E-state index contributed by atoms with van der Waals surface area (Å²) < 4.78 is 0. The van der Waals surface area contributed by atoms with Crippen LogP contribution in [0, 0.1) is 0 Å². The number of nitrogens with zero attached hydrogens (tertiary/aromatic N) is 2. The van der Waals surface area contributed by atoms with Gasteiger partial charge in [0.15, 0.2) is 7.28 Å². The van der Waals surface area contributed by atoms with E-state index < -0.39 is 0 Å². The van der Waals surface area contributed by atoms with Crippen molar-refractivity contribution in [1.82, 2.24) is 0 Å². The van der Waals surface area contributed by atoms with Crippen molar-refractivity contribution in [2.24, 2.45) is 0 Å². The molecule has 3 heteroatoms. The molecule has 8 aromatic rings. The molecule has 0 aromatic heterocycles. The molecule has 0 spiro atoms. The van der Waals surface area contributed by atoms with Crippen LogP contribution in [0.4, 0.5) is 34.1 Å². The van der Waals surface area contributed by atoms with E-state index >= 15 is 0 Å². The maximum Gasteiger partial charge on any atom is 0.176 e. The first-order valence-corrected chi connectivity index (χ1v) is 29.1. The summed E-state index contributed by atoms with van der Waals surface area (Å²) in [5.41, 5.74) is 25.8. The van der Waals surface area contributed by atoms with Gasteiger partial charge in [-0.1, -0.05) is 239 Å². The molecule has 0 radical (unpaired) electrons. The molecule has 2 heterocycles. The second kappa shape index (κ2) is 18.5. The molecule has 1 atom stereocenters. The highest BCUT2D eigenvalue weighted by atomic mass is 15.2. The van der Waals surface area contributed by atoms with Crippen LogP contribution < -0.4 is 15.3 Å². The third-order valence-corrected chi connectivity index (χ3v) is 18.9. The first kappa shape index (κ1) is 53.4. The van der Waals surface area contributed by atoms with Crippen LogP contribution in [-0.2, 0) is 37.9 Å². The van der Waals surface area contributed by atoms with Gasteiger partial charge in [-0.05, 0) is 166 Å². The summed E-state index contributed by atoms with van der Waals surface area (Å²) in [7, 11) is 0.856. The summed E-state index contributed by atoms with van der Waals surface area (Å²) in [6.45, 7) is 40.7. The van der Waals surface area contributed by atoms with Gasteiger partial charge in [0.05, 0.1) is 5.69 Å². The predicted octanol–water partition coefficient (Wildman–Crippen LogP) is 19.7. The van der Waals surface area contributed by atoms with Gasteiger partial charge >= 0.3 is 0 Å². The zero-order chi connectivity index (χ0) is 55.7. The topological polar surface area (TPSA) is 6.48 Å². The molecule has 0 saturated heterocycles. The van der Waals surface area contributed by atoms with Crippen LogP contribution in [0.5, 0.6) is 0 Å². The standard InChI is InChI=1S/C75H85BN2/c1-69(2,3)49-30-28-48(29-31-49)57-42-53(70(4,5)6)34-38-62(57)78-64-47-61-60(72(10,11)40-41-73(61,12)13)46-59(64)67-58-43-54(75(16,17)51-26-22-19-23-27-51)35-39-63(58)77(65-44-55(71(7,8)9)45-66(78)68(65)76-67)56-36-32-52(33-37-56)74(14,15)50-24-20-18-21-25-50/h18-39,42-47,67,76H,40-41H2,1-17H3. The first-order valence-electron chi connectivity index (χ1n) is 29.1. The lowest BCUT2D eigenvalue weighted by Crippen LogP contribution is -2.34. The van der Waals surface area contributed by atoms with Crippen LogP contribution in [0.25, 0.3) is 11.1 Å². The highest BCUT2D eigenvalue weighted by molar-refractivity contribution is 6.61. The number of anilines is 6. The summed E-state index contributed by atoms with van der Waals surface area (Å²) in [6, 6.07) is 66.8. The van der Waals surface area contributed by atoms with Gasteiger partial charge in [0.25, 0.3) is 0 Å². The lowest BCUT2D eigenvalue weighted by atomic mass is 9.53. The third kappa shape index (κ3) is 9.16. The lowest BCUT2D eigenvalue weighted by Gasteiger charge is -2.44. The average Bonchev–Trinajstić information content (AvgIpc) is 3.87. The van der Waals surface area contributed by atoms with E-state index in [2.05, 4.69) is 297 Å². The van der Waals surface area contributed by atoms with Crippen molar-refractivity contribution in [3.8, 4) is 11.1 Å². The summed E-state index contributed by atoms with van der Waals surface area (Å²) in [6.07, 6.45) is 2.30. The molecule has 8 aromatic carbocycles. The molecule has 0 N–H and O–H groups in total. The molecular formula is C75H85BN2. The van der Waals surface area contributed by atoms with E-state index in [1.165, 1.54) is 112 Å². The van der Waals surface area contributed by atoms with Gasteiger partial charge in [-0.2, -0.15) is 0 Å². The Morgan fingerprint density at radius 1 is 0.372 bits per heavy atom. The van der Waals surface area contributed by atoms with Crippen LogP contribution >= 0.6 is 0 Å². The van der Waals surface area contributed by atoms with Gasteiger partial charge in [-0.15, -0.1) is 0 Å². The summed E-state index contributed by atoms with van der Waals surface area (Å²) >= 11 is 0. The molecule has 1 unspecified atom stereocenters. The highest BCUT2D eigenvalue weighted by Crippen LogP contribution is 2.57. The van der Waals surface area contributed by atoms with Crippen LogP contribution in [0.3, 0.4) is 0 Å². The van der Waals surface area contributed by atoms with E-state index in [4.69, 9.17) is 0 Å². The third-order valence-electron chi connectivity index (χ3n) is 18.9. The molecule has 0 saturated carbocycles. The van der Waals surface area contributed by atoms with Gasteiger partial charge in [-0.25, -0.2) is 0 Å². The summed E-state index contributed by atoms with van der Waals surface area (Å²) in [5.74, 6) is 0.0419. The monoisotopic (exact) mass is 1020 g/mol. The average molecular weight is 1030 g/mol. The second-order valence-electron chi connectivity index (χ2n) is 29.0. The van der Waals surface area contributed by atoms with Crippen LogP contribution in [-0.4, -0.2) is 7.28 Å². The van der Waals surface area contributed by atoms with Gasteiger partial charge in [-0.3, -0.25) is 0 Å². The molecule has 398 valence electrons. The zero-order valence-corrected chi connectivity index (χ0v) is 50.3. The molecular weight excluding hydrogens is 940 g/mol. The quantitative estimate of drug-likeness (QED) is 0.147. The zero-order valence-electron chi connectivity index (χ0n) is 50.3. The Bertz CT molecular complexity index is 3570. The predicted molar refractivity (Wildman–Crippen MR) is 338 cm³/mol. The van der Waals surface area contributed by atoms with Crippen LogP contribution in [0.15, 0.2) is 170 Å². The second-order valence-corrected chi connectivity index (χ2v) is 29.0. The minimum absolute atomic E-state index is 0.00377. The smallest absolute Gasteiger partial charge is 0.176 e. The number of fused-ring (bicyclic) bond motifs is 6. The normalized spacial score (nSPS) is 16.8. The van der Waals surface area contributed by atoms with Gasteiger partial charge in [0.1, 0.15) is 0 Å². The largest absolute Gasteiger partial charge is 0.311 e. The maximum absolute atomic E-state index is 2.76. The highest BCUT2D eigenvalue weighted by Gasteiger charge is 2.44. The van der Waals surface area contributed by atoms with Crippen molar-refractivity contribution in [2.75, 3.05) is 9.80 Å². The van der Waals surface area contributed by atoms with Gasteiger partial charge in [0, 0.05) is 44.8 Å². The molecule has 1 aliphatic carbocycles. The summed E-state index contributed by atoms with van der Waals surface area (Å²) in [5, 5.41) is 0. The lowest BCUT2D eigenvalue weighted by molar-refractivity contribution is 0.331. The Morgan fingerprint density at radius 2 is 0.821 bits per heavy atom. The summed E-state index contributed by atoms with van der Waals surface area (Å²) in [4.78, 5) is 5.42. The van der Waals surface area contributed by atoms with Crippen LogP contribution in [0.1, 0.15) is 198 Å². The Labute approximate surface area is 470 Å². The van der Waals surface area contributed by atoms with Crippen molar-refractivity contribution in [3.05, 3.63) is 231 Å². The van der Waals surface area contributed by atoms with E-state index in [0.717, 1.165) is 20.1 Å². The number of benzene rings is 8. The minimum atomic E-state index is -0.247. The van der Waals surface area contributed by atoms with E-state index in [-0.39, 0.29) is 43.7 Å². The number of hydrogen-bond acceptors (Lipinski definition) is 2. The van der Waals surface area contributed by atoms with Gasteiger partial charge in [0.2, 0.25) is 0 Å². The van der Waals surface area contributed by atoms with E-state index in [0.29, 0.717) is 0 Å². The van der Waals surface area contributed by atoms with E-state index in [9.17, 15) is 0 Å². The number of hydrogen-bond donors (Lipinski definition) is 0. The van der Waals surface area contributed by atoms with Crippen LogP contribution in [0.2, 0.25) is 0 Å². The van der Waals surface area contributed by atoms with Crippen molar-refractivity contribution in [3.63, 3.8) is 0 Å². The first-order chi connectivity index (χ1) is 36.6. The van der Waals surface area contributed by atoms with Crippen molar-refractivity contribution < 1.29 is 0 Å². The molecule has 2 nitrogen and oxygen atoms in total. The fourth-order valence-corrected chi connectivity index (χ4v) is 13.2. The molecule has 3 aliphatic rings. The molecule has 2 bridgehead atoms. The maximum atomic E-state index is 2.76. The molecule has 0 amide bonds. The molecule has 11 rings (SSSR count). The van der Waals surface area contributed by atoms with E-state index in [1.54, 1.807) is 0 Å². The molecule has 0 fully saturated rings.